The number of hydrogen-bond acceptors (Lipinski definition) is 1. The van der Waals surface area contributed by atoms with E-state index >= 15 is 0 Å². The van der Waals surface area contributed by atoms with E-state index < -0.39 is 0 Å². The molecule has 2 nitrogen and oxygen atoms in total. The van der Waals surface area contributed by atoms with Crippen LogP contribution in [-0.4, -0.2) is 5.91 Å². The number of nitrogens with two attached hydrogens (primary N) is 1. The van der Waals surface area contributed by atoms with Crippen molar-refractivity contribution >= 4 is 5.91 Å². The highest BCUT2D eigenvalue weighted by molar-refractivity contribution is 5.81. The third-order valence-electron chi connectivity index (χ3n) is 2.38. The van der Waals surface area contributed by atoms with E-state index in [2.05, 4.69) is 0 Å². The summed E-state index contributed by atoms with van der Waals surface area (Å²) in [5, 5.41) is 0. The normalized spacial score (nSPS) is 26.7. The Labute approximate surface area is 71.4 Å². The molecular formula is C10H11NO. The number of primary amides is 1. The Bertz CT molecular complexity index is 294. The molecule has 2 rings (SSSR count). The van der Waals surface area contributed by atoms with Crippen molar-refractivity contribution in [2.24, 2.45) is 11.7 Å². The van der Waals surface area contributed by atoms with Crippen LogP contribution in [0.25, 0.3) is 0 Å². The Hall–Kier alpha value is -1.31. The van der Waals surface area contributed by atoms with Crippen LogP contribution < -0.4 is 5.73 Å². The third-order valence-corrected chi connectivity index (χ3v) is 2.38. The van der Waals surface area contributed by atoms with Crippen molar-refractivity contribution in [3.63, 3.8) is 0 Å². The highest BCUT2D eigenvalue weighted by Crippen LogP contribution is 2.46. The van der Waals surface area contributed by atoms with E-state index in [1.165, 1.54) is 5.56 Å². The van der Waals surface area contributed by atoms with Gasteiger partial charge in [0.25, 0.3) is 0 Å². The fourth-order valence-corrected chi connectivity index (χ4v) is 1.58. The first-order valence-corrected chi connectivity index (χ1v) is 4.13. The lowest BCUT2D eigenvalue weighted by Crippen LogP contribution is -2.13. The largest absolute Gasteiger partial charge is 0.369 e. The van der Waals surface area contributed by atoms with Gasteiger partial charge in [-0.05, 0) is 17.9 Å². The predicted molar refractivity (Wildman–Crippen MR) is 46.5 cm³/mol. The SMILES string of the molecule is NC(=O)[C@H]1C[C@@H]1c1ccccc1. The summed E-state index contributed by atoms with van der Waals surface area (Å²) < 4.78 is 0. The minimum absolute atomic E-state index is 0.0902. The summed E-state index contributed by atoms with van der Waals surface area (Å²) in [6.07, 6.45) is 0.930. The zero-order chi connectivity index (χ0) is 8.55. The molecule has 2 heteroatoms. The van der Waals surface area contributed by atoms with Gasteiger partial charge in [-0.25, -0.2) is 0 Å². The zero-order valence-electron chi connectivity index (χ0n) is 6.73. The molecule has 0 bridgehead atoms. The molecule has 2 atom stereocenters. The van der Waals surface area contributed by atoms with Gasteiger partial charge in [0.2, 0.25) is 5.91 Å². The number of hydrogen-bond donors (Lipinski definition) is 1. The van der Waals surface area contributed by atoms with Crippen LogP contribution in [0, 0.1) is 5.92 Å². The molecular weight excluding hydrogens is 150 g/mol. The molecule has 0 heterocycles. The van der Waals surface area contributed by atoms with E-state index in [1.54, 1.807) is 0 Å². The van der Waals surface area contributed by atoms with Gasteiger partial charge in [0.05, 0.1) is 0 Å². The van der Waals surface area contributed by atoms with Gasteiger partial charge in [-0.2, -0.15) is 0 Å². The summed E-state index contributed by atoms with van der Waals surface area (Å²) >= 11 is 0. The lowest BCUT2D eigenvalue weighted by atomic mass is 10.1. The number of carbonyl (C=O) groups excluding carboxylic acids is 1. The van der Waals surface area contributed by atoms with Crippen LogP contribution in [0.2, 0.25) is 0 Å². The second kappa shape index (κ2) is 2.63. The topological polar surface area (TPSA) is 43.1 Å². The molecule has 12 heavy (non-hydrogen) atoms. The van der Waals surface area contributed by atoms with Crippen LogP contribution >= 0.6 is 0 Å². The summed E-state index contributed by atoms with van der Waals surface area (Å²) in [5.41, 5.74) is 6.42. The summed E-state index contributed by atoms with van der Waals surface area (Å²) in [6, 6.07) is 10.1. The van der Waals surface area contributed by atoms with Crippen LogP contribution in [0.4, 0.5) is 0 Å². The Morgan fingerprint density at radius 3 is 2.50 bits per heavy atom. The molecule has 0 radical (unpaired) electrons. The van der Waals surface area contributed by atoms with Crippen LogP contribution in [0.5, 0.6) is 0 Å². The number of amides is 1. The maximum absolute atomic E-state index is 10.8. The maximum atomic E-state index is 10.8. The molecule has 1 aliphatic rings. The molecule has 0 aromatic heterocycles. The fraction of sp³-hybridized carbons (Fsp3) is 0.300. The van der Waals surface area contributed by atoms with Gasteiger partial charge < -0.3 is 5.73 Å². The molecule has 1 fully saturated rings. The van der Waals surface area contributed by atoms with Crippen LogP contribution in [-0.2, 0) is 4.79 Å². The molecule has 0 aliphatic heterocycles. The number of carbonyl (C=O) groups is 1. The van der Waals surface area contributed by atoms with Crippen molar-refractivity contribution in [2.45, 2.75) is 12.3 Å². The molecule has 1 saturated carbocycles. The Balaban J connectivity index is 2.11. The van der Waals surface area contributed by atoms with E-state index in [0.29, 0.717) is 5.92 Å². The molecule has 1 aliphatic carbocycles. The van der Waals surface area contributed by atoms with Gasteiger partial charge in [0.15, 0.2) is 0 Å². The van der Waals surface area contributed by atoms with Gasteiger partial charge in [-0.1, -0.05) is 30.3 Å². The monoisotopic (exact) mass is 161 g/mol. The van der Waals surface area contributed by atoms with Gasteiger partial charge in [0.1, 0.15) is 0 Å². The smallest absolute Gasteiger partial charge is 0.221 e. The Kier molecular flexibility index (Phi) is 1.61. The van der Waals surface area contributed by atoms with Gasteiger partial charge in [-0.15, -0.1) is 0 Å². The van der Waals surface area contributed by atoms with Crippen molar-refractivity contribution in [3.8, 4) is 0 Å². The van der Waals surface area contributed by atoms with Gasteiger partial charge in [0, 0.05) is 5.92 Å². The number of benzene rings is 1. The summed E-state index contributed by atoms with van der Waals surface area (Å²) in [6.45, 7) is 0. The van der Waals surface area contributed by atoms with Crippen molar-refractivity contribution < 1.29 is 4.79 Å². The highest BCUT2D eigenvalue weighted by Gasteiger charge is 2.42. The quantitative estimate of drug-likeness (QED) is 0.697. The maximum Gasteiger partial charge on any atom is 0.221 e. The second-order valence-electron chi connectivity index (χ2n) is 3.26. The Morgan fingerprint density at radius 2 is 2.00 bits per heavy atom. The zero-order valence-corrected chi connectivity index (χ0v) is 6.73. The Morgan fingerprint density at radius 1 is 1.33 bits per heavy atom. The molecule has 0 saturated heterocycles. The van der Waals surface area contributed by atoms with Gasteiger partial charge >= 0.3 is 0 Å². The molecule has 1 aromatic rings. The van der Waals surface area contributed by atoms with Crippen molar-refractivity contribution in [1.29, 1.82) is 0 Å². The average molecular weight is 161 g/mol. The summed E-state index contributed by atoms with van der Waals surface area (Å²) in [4.78, 5) is 10.8. The van der Waals surface area contributed by atoms with Crippen molar-refractivity contribution in [2.75, 3.05) is 0 Å². The van der Waals surface area contributed by atoms with Gasteiger partial charge in [-0.3, -0.25) is 4.79 Å². The van der Waals surface area contributed by atoms with E-state index in [4.69, 9.17) is 5.73 Å². The van der Waals surface area contributed by atoms with Crippen LogP contribution in [0.15, 0.2) is 30.3 Å². The van der Waals surface area contributed by atoms with Crippen LogP contribution in [0.3, 0.4) is 0 Å². The summed E-state index contributed by atoms with van der Waals surface area (Å²) in [7, 11) is 0. The average Bonchev–Trinajstić information content (AvgIpc) is 2.84. The molecule has 0 spiro atoms. The molecule has 62 valence electrons. The van der Waals surface area contributed by atoms with E-state index in [-0.39, 0.29) is 11.8 Å². The first-order chi connectivity index (χ1) is 5.79. The van der Waals surface area contributed by atoms with E-state index in [0.717, 1.165) is 6.42 Å². The third kappa shape index (κ3) is 1.20. The van der Waals surface area contributed by atoms with E-state index in [9.17, 15) is 4.79 Å². The minimum Gasteiger partial charge on any atom is -0.369 e. The second-order valence-corrected chi connectivity index (χ2v) is 3.26. The lowest BCUT2D eigenvalue weighted by Gasteiger charge is -1.95. The lowest BCUT2D eigenvalue weighted by molar-refractivity contribution is -0.119. The van der Waals surface area contributed by atoms with E-state index in [1.807, 2.05) is 30.3 Å². The molecule has 2 N–H and O–H groups in total. The van der Waals surface area contributed by atoms with Crippen molar-refractivity contribution in [3.05, 3.63) is 35.9 Å². The molecule has 1 amide bonds. The first kappa shape index (κ1) is 7.35. The standard InChI is InChI=1S/C10H11NO/c11-10(12)9-6-8(9)7-4-2-1-3-5-7/h1-5,8-9H,6H2,(H2,11,12)/t8-,9+/m1/s1. The highest BCUT2D eigenvalue weighted by atomic mass is 16.1. The minimum atomic E-state index is -0.163. The molecule has 1 aromatic carbocycles. The van der Waals surface area contributed by atoms with Crippen molar-refractivity contribution in [1.82, 2.24) is 0 Å². The van der Waals surface area contributed by atoms with Crippen LogP contribution in [0.1, 0.15) is 17.9 Å². The molecule has 0 unspecified atom stereocenters. The first-order valence-electron chi connectivity index (χ1n) is 4.13. The fourth-order valence-electron chi connectivity index (χ4n) is 1.58. The summed E-state index contributed by atoms with van der Waals surface area (Å²) in [5.74, 6) is 0.319. The predicted octanol–water partition coefficient (Wildman–Crippen LogP) is 1.28. The number of rotatable bonds is 2.